The van der Waals surface area contributed by atoms with Crippen molar-refractivity contribution in [1.29, 1.82) is 0 Å². The molecular formula is C37H37BN2Si. The highest BCUT2D eigenvalue weighted by Gasteiger charge is 2.44. The van der Waals surface area contributed by atoms with E-state index < -0.39 is 8.07 Å². The Morgan fingerprint density at radius 2 is 0.951 bits per heavy atom. The van der Waals surface area contributed by atoms with E-state index in [0.717, 1.165) is 0 Å². The third-order valence-electron chi connectivity index (χ3n) is 8.83. The first kappa shape index (κ1) is 25.9. The van der Waals surface area contributed by atoms with E-state index in [1.807, 2.05) is 0 Å². The third-order valence-corrected chi connectivity index (χ3v) is 10.9. The van der Waals surface area contributed by atoms with Gasteiger partial charge in [0.1, 0.15) is 0 Å². The van der Waals surface area contributed by atoms with E-state index >= 15 is 0 Å². The van der Waals surface area contributed by atoms with E-state index in [0.29, 0.717) is 0 Å². The number of nitrogens with zero attached hydrogens (tertiary/aromatic N) is 2. The first-order valence-electron chi connectivity index (χ1n) is 14.7. The Kier molecular flexibility index (Phi) is 5.85. The first-order chi connectivity index (χ1) is 19.6. The average Bonchev–Trinajstić information content (AvgIpc) is 2.93. The zero-order valence-corrected chi connectivity index (χ0v) is 26.2. The van der Waals surface area contributed by atoms with E-state index in [2.05, 4.69) is 154 Å². The lowest BCUT2D eigenvalue weighted by molar-refractivity contribution is 1.24. The Morgan fingerprint density at radius 3 is 1.51 bits per heavy atom. The molecule has 4 heteroatoms. The SMILES string of the molecule is Cc1ccc(N2c3ccc(C)cc3B3c4ccc(C)cc4N(c4ccc(C)cc4)c4cc([Si](C)(C)C)cc2c43)cc1. The van der Waals surface area contributed by atoms with Crippen LogP contribution in [0.15, 0.2) is 97.1 Å². The molecule has 0 unspecified atom stereocenters. The summed E-state index contributed by atoms with van der Waals surface area (Å²) >= 11 is 0. The Morgan fingerprint density at radius 1 is 0.463 bits per heavy atom. The molecule has 0 N–H and O–H groups in total. The van der Waals surface area contributed by atoms with Crippen molar-refractivity contribution in [3.05, 3.63) is 119 Å². The van der Waals surface area contributed by atoms with Crippen molar-refractivity contribution in [2.45, 2.75) is 47.3 Å². The summed E-state index contributed by atoms with van der Waals surface area (Å²) in [5.41, 5.74) is 16.9. The molecule has 0 saturated carbocycles. The number of hydrogen-bond acceptors (Lipinski definition) is 2. The van der Waals surface area contributed by atoms with E-state index in [9.17, 15) is 0 Å². The molecule has 5 aromatic carbocycles. The van der Waals surface area contributed by atoms with Gasteiger partial charge in [-0.15, -0.1) is 0 Å². The van der Waals surface area contributed by atoms with Gasteiger partial charge in [0, 0.05) is 34.1 Å². The van der Waals surface area contributed by atoms with Gasteiger partial charge in [-0.3, -0.25) is 0 Å². The fraction of sp³-hybridized carbons (Fsp3) is 0.189. The monoisotopic (exact) mass is 548 g/mol. The Balaban J connectivity index is 1.63. The van der Waals surface area contributed by atoms with Crippen molar-refractivity contribution in [3.63, 3.8) is 0 Å². The highest BCUT2D eigenvalue weighted by atomic mass is 28.3. The molecule has 0 atom stereocenters. The van der Waals surface area contributed by atoms with Crippen LogP contribution in [-0.4, -0.2) is 14.8 Å². The largest absolute Gasteiger partial charge is 0.311 e. The van der Waals surface area contributed by atoms with Gasteiger partial charge in [0.2, 0.25) is 0 Å². The molecule has 7 rings (SSSR count). The Labute approximate surface area is 246 Å². The molecule has 2 aliphatic heterocycles. The fourth-order valence-corrected chi connectivity index (χ4v) is 7.74. The molecular weight excluding hydrogens is 511 g/mol. The molecule has 0 radical (unpaired) electrons. The molecule has 41 heavy (non-hydrogen) atoms. The maximum atomic E-state index is 2.54. The minimum Gasteiger partial charge on any atom is -0.311 e. The quantitative estimate of drug-likeness (QED) is 0.211. The van der Waals surface area contributed by atoms with Gasteiger partial charge in [0.25, 0.3) is 6.71 Å². The van der Waals surface area contributed by atoms with Crippen molar-refractivity contribution in [1.82, 2.24) is 0 Å². The third kappa shape index (κ3) is 4.16. The standard InChI is InChI=1S/C37H37BN2Si/c1-24-8-14-28(15-9-24)39-33-19-13-26(3)20-32(33)38-31-18-12-27(4)21-34(31)40(29-16-10-25(2)11-17-29)36-23-30(41(5,6)7)22-35(39)37(36)38/h8-23H,1-7H3. The van der Waals surface area contributed by atoms with Crippen molar-refractivity contribution in [3.8, 4) is 0 Å². The number of fused-ring (bicyclic) bond motifs is 4. The lowest BCUT2D eigenvalue weighted by atomic mass is 9.33. The zero-order chi connectivity index (χ0) is 28.6. The summed E-state index contributed by atoms with van der Waals surface area (Å²) in [6.45, 7) is 16.3. The minimum absolute atomic E-state index is 0.171. The second-order valence-electron chi connectivity index (χ2n) is 13.1. The number of aryl methyl sites for hydroxylation is 4. The van der Waals surface area contributed by atoms with E-state index in [4.69, 9.17) is 0 Å². The molecule has 2 nitrogen and oxygen atoms in total. The van der Waals surface area contributed by atoms with Crippen LogP contribution in [0.5, 0.6) is 0 Å². The highest BCUT2D eigenvalue weighted by molar-refractivity contribution is 7.00. The van der Waals surface area contributed by atoms with Gasteiger partial charge in [-0.05, 0) is 98.2 Å². The molecule has 0 amide bonds. The zero-order valence-electron chi connectivity index (χ0n) is 25.2. The molecule has 0 aliphatic carbocycles. The van der Waals surface area contributed by atoms with Gasteiger partial charge in [-0.25, -0.2) is 0 Å². The summed E-state index contributed by atoms with van der Waals surface area (Å²) in [5, 5.41) is 1.48. The molecule has 0 spiro atoms. The number of rotatable bonds is 3. The summed E-state index contributed by atoms with van der Waals surface area (Å²) in [5.74, 6) is 0. The predicted molar refractivity (Wildman–Crippen MR) is 182 cm³/mol. The summed E-state index contributed by atoms with van der Waals surface area (Å²) in [6.07, 6.45) is 0. The van der Waals surface area contributed by atoms with E-state index in [1.54, 1.807) is 0 Å². The van der Waals surface area contributed by atoms with Gasteiger partial charge in [-0.2, -0.15) is 0 Å². The molecule has 5 aromatic rings. The number of anilines is 6. The Hall–Kier alpha value is -4.02. The molecule has 0 bridgehead atoms. The summed E-state index contributed by atoms with van der Waals surface area (Å²) in [4.78, 5) is 5.06. The lowest BCUT2D eigenvalue weighted by Gasteiger charge is -2.45. The lowest BCUT2D eigenvalue weighted by Crippen LogP contribution is -2.62. The van der Waals surface area contributed by atoms with Gasteiger partial charge >= 0.3 is 0 Å². The van der Waals surface area contributed by atoms with Crippen LogP contribution in [0.3, 0.4) is 0 Å². The molecule has 0 saturated heterocycles. The Bertz CT molecular complexity index is 1820. The average molecular weight is 549 g/mol. The van der Waals surface area contributed by atoms with Crippen LogP contribution in [-0.2, 0) is 0 Å². The van der Waals surface area contributed by atoms with E-state index in [-0.39, 0.29) is 6.71 Å². The maximum Gasteiger partial charge on any atom is 0.252 e. The van der Waals surface area contributed by atoms with Crippen LogP contribution < -0.4 is 31.4 Å². The smallest absolute Gasteiger partial charge is 0.252 e. The highest BCUT2D eigenvalue weighted by Crippen LogP contribution is 2.44. The topological polar surface area (TPSA) is 6.48 Å². The minimum atomic E-state index is -1.67. The normalized spacial score (nSPS) is 13.6. The molecule has 0 fully saturated rings. The van der Waals surface area contributed by atoms with Crippen LogP contribution in [0.1, 0.15) is 22.3 Å². The van der Waals surface area contributed by atoms with Crippen molar-refractivity contribution >= 4 is 70.5 Å². The van der Waals surface area contributed by atoms with Crippen LogP contribution >= 0.6 is 0 Å². The maximum absolute atomic E-state index is 2.54. The van der Waals surface area contributed by atoms with Crippen LogP contribution in [0.4, 0.5) is 34.1 Å². The van der Waals surface area contributed by atoms with Gasteiger partial charge in [0.05, 0.1) is 8.07 Å². The second kappa shape index (κ2) is 9.25. The van der Waals surface area contributed by atoms with Crippen molar-refractivity contribution < 1.29 is 0 Å². The van der Waals surface area contributed by atoms with E-state index in [1.165, 1.54) is 78.0 Å². The van der Waals surface area contributed by atoms with Crippen molar-refractivity contribution in [2.75, 3.05) is 9.80 Å². The van der Waals surface area contributed by atoms with Crippen molar-refractivity contribution in [2.24, 2.45) is 0 Å². The number of hydrogen-bond donors (Lipinski definition) is 0. The second-order valence-corrected chi connectivity index (χ2v) is 18.2. The number of benzene rings is 5. The fourth-order valence-electron chi connectivity index (χ4n) is 6.60. The van der Waals surface area contributed by atoms with Crippen LogP contribution in [0.2, 0.25) is 19.6 Å². The first-order valence-corrected chi connectivity index (χ1v) is 18.2. The van der Waals surface area contributed by atoms with Crippen LogP contribution in [0, 0.1) is 27.7 Å². The predicted octanol–water partition coefficient (Wildman–Crippen LogP) is 7.55. The summed E-state index contributed by atoms with van der Waals surface area (Å²) in [7, 11) is -1.67. The van der Waals surface area contributed by atoms with Gasteiger partial charge in [0.15, 0.2) is 0 Å². The van der Waals surface area contributed by atoms with Crippen LogP contribution in [0.25, 0.3) is 0 Å². The summed E-state index contributed by atoms with van der Waals surface area (Å²) in [6, 6.07) is 37.2. The summed E-state index contributed by atoms with van der Waals surface area (Å²) < 4.78 is 0. The molecule has 202 valence electrons. The van der Waals surface area contributed by atoms with Gasteiger partial charge < -0.3 is 9.80 Å². The molecule has 2 heterocycles. The molecule has 0 aromatic heterocycles. The van der Waals surface area contributed by atoms with Gasteiger partial charge in [-0.1, -0.05) is 90.0 Å². The molecule has 2 aliphatic rings.